The van der Waals surface area contributed by atoms with Crippen LogP contribution in [-0.4, -0.2) is 22.2 Å². The highest BCUT2D eigenvalue weighted by Crippen LogP contribution is 2.32. The van der Waals surface area contributed by atoms with Gasteiger partial charge in [-0.3, -0.25) is 4.79 Å². The van der Waals surface area contributed by atoms with E-state index in [0.29, 0.717) is 27.9 Å². The van der Waals surface area contributed by atoms with Crippen LogP contribution in [0.3, 0.4) is 0 Å². The second kappa shape index (κ2) is 8.48. The number of carboxylic acid groups (broad SMARTS) is 2. The monoisotopic (exact) mass is 326 g/mol. The third-order valence-electron chi connectivity index (χ3n) is 3.51. The molecule has 0 aliphatic rings. The molecule has 126 valence electrons. The number of allylic oxidation sites excluding steroid dienone is 6. The van der Waals surface area contributed by atoms with Crippen LogP contribution in [0.1, 0.15) is 12.8 Å². The third kappa shape index (κ3) is 5.25. The Balaban J connectivity index is 5.11. The highest BCUT2D eigenvalue weighted by atomic mass is 16.4. The van der Waals surface area contributed by atoms with E-state index in [9.17, 15) is 9.59 Å². The maximum absolute atomic E-state index is 11.0. The summed E-state index contributed by atoms with van der Waals surface area (Å²) in [6, 6.07) is 0. The van der Waals surface area contributed by atoms with E-state index >= 15 is 0 Å². The number of aliphatic carboxylic acids is 2. The first-order valence-electron chi connectivity index (χ1n) is 6.89. The van der Waals surface area contributed by atoms with Crippen molar-refractivity contribution in [1.82, 2.24) is 0 Å². The number of hydrogen-bond donors (Lipinski definition) is 2. The standard InChI is InChI=1S/C20H22O4/c1-11(9-10-19(21)22)12(2)13(3)14(4)15(5)16(6)17(7)18(8)20(23)24/h1-10H2,(H,21,22)(H,23,24). The van der Waals surface area contributed by atoms with Crippen molar-refractivity contribution in [3.8, 4) is 0 Å². The molecule has 0 rings (SSSR count). The van der Waals surface area contributed by atoms with E-state index < -0.39 is 11.9 Å². The zero-order valence-electron chi connectivity index (χ0n) is 13.8. The Hall–Kier alpha value is -3.14. The molecule has 0 aromatic heterocycles. The summed E-state index contributed by atoms with van der Waals surface area (Å²) in [5.41, 5.74) is 2.36. The second-order valence-electron chi connectivity index (χ2n) is 5.15. The first-order valence-corrected chi connectivity index (χ1v) is 6.89. The van der Waals surface area contributed by atoms with E-state index in [4.69, 9.17) is 10.2 Å². The molecule has 0 bridgehead atoms. The van der Waals surface area contributed by atoms with Gasteiger partial charge in [0.25, 0.3) is 0 Å². The SMILES string of the molecule is C=C(CCC(=O)O)C(=C)C(=C)C(=C)C(=C)C(=C)C(=C)C(=C)C(=O)O. The molecule has 0 unspecified atom stereocenters. The highest BCUT2D eigenvalue weighted by molar-refractivity contribution is 5.93. The Kier molecular flexibility index (Phi) is 7.37. The molecule has 24 heavy (non-hydrogen) atoms. The smallest absolute Gasteiger partial charge is 0.335 e. The summed E-state index contributed by atoms with van der Waals surface area (Å²) in [7, 11) is 0. The van der Waals surface area contributed by atoms with Crippen LogP contribution in [0.25, 0.3) is 0 Å². The molecule has 0 aromatic rings. The molecule has 2 N–H and O–H groups in total. The summed E-state index contributed by atoms with van der Waals surface area (Å²) in [5, 5.41) is 17.7. The lowest BCUT2D eigenvalue weighted by molar-refractivity contribution is -0.137. The Bertz CT molecular complexity index is 714. The van der Waals surface area contributed by atoms with Crippen LogP contribution in [0, 0.1) is 0 Å². The van der Waals surface area contributed by atoms with Crippen molar-refractivity contribution >= 4 is 11.9 Å². The molecule has 0 aliphatic carbocycles. The fourth-order valence-electron chi connectivity index (χ4n) is 1.66. The van der Waals surface area contributed by atoms with E-state index in [-0.39, 0.29) is 29.6 Å². The van der Waals surface area contributed by atoms with E-state index in [1.807, 2.05) is 0 Å². The van der Waals surface area contributed by atoms with Gasteiger partial charge in [0.2, 0.25) is 0 Å². The Morgan fingerprint density at radius 1 is 0.542 bits per heavy atom. The van der Waals surface area contributed by atoms with Gasteiger partial charge in [-0.05, 0) is 45.4 Å². The van der Waals surface area contributed by atoms with Crippen LogP contribution in [0.4, 0.5) is 0 Å². The molecule has 0 amide bonds. The molecule has 0 saturated heterocycles. The minimum Gasteiger partial charge on any atom is -0.481 e. The van der Waals surface area contributed by atoms with Crippen molar-refractivity contribution in [3.05, 3.63) is 97.2 Å². The van der Waals surface area contributed by atoms with Crippen molar-refractivity contribution in [2.45, 2.75) is 12.8 Å². The Labute approximate surface area is 142 Å². The molecule has 0 aliphatic heterocycles. The Morgan fingerprint density at radius 3 is 1.21 bits per heavy atom. The zero-order chi connectivity index (χ0) is 19.2. The minimum absolute atomic E-state index is 0.0689. The van der Waals surface area contributed by atoms with Gasteiger partial charge >= 0.3 is 11.9 Å². The predicted octanol–water partition coefficient (Wildman–Crippen LogP) is 4.39. The van der Waals surface area contributed by atoms with Crippen LogP contribution in [0.15, 0.2) is 97.2 Å². The molecular weight excluding hydrogens is 304 g/mol. The zero-order valence-corrected chi connectivity index (χ0v) is 13.8. The molecule has 0 atom stereocenters. The first-order chi connectivity index (χ1) is 10.9. The van der Waals surface area contributed by atoms with Gasteiger partial charge in [0, 0.05) is 6.42 Å². The average Bonchev–Trinajstić information content (AvgIpc) is 2.54. The van der Waals surface area contributed by atoms with Crippen LogP contribution in [-0.2, 0) is 9.59 Å². The van der Waals surface area contributed by atoms with Crippen LogP contribution >= 0.6 is 0 Å². The van der Waals surface area contributed by atoms with E-state index in [0.717, 1.165) is 0 Å². The molecule has 0 saturated carbocycles. The molecule has 0 radical (unpaired) electrons. The predicted molar refractivity (Wildman–Crippen MR) is 97.6 cm³/mol. The lowest BCUT2D eigenvalue weighted by Crippen LogP contribution is -2.06. The summed E-state index contributed by atoms with van der Waals surface area (Å²) in [5.74, 6) is -2.14. The van der Waals surface area contributed by atoms with Crippen LogP contribution in [0.5, 0.6) is 0 Å². The van der Waals surface area contributed by atoms with Gasteiger partial charge in [0.1, 0.15) is 0 Å². The van der Waals surface area contributed by atoms with Gasteiger partial charge in [-0.1, -0.05) is 52.6 Å². The summed E-state index contributed by atoms with van der Waals surface area (Å²) in [4.78, 5) is 21.6. The first kappa shape index (κ1) is 20.9. The molecule has 4 heteroatoms. The largest absolute Gasteiger partial charge is 0.481 e. The average molecular weight is 326 g/mol. The number of hydrogen-bond acceptors (Lipinski definition) is 2. The Morgan fingerprint density at radius 2 is 0.875 bits per heavy atom. The lowest BCUT2D eigenvalue weighted by Gasteiger charge is -2.18. The van der Waals surface area contributed by atoms with Gasteiger partial charge in [0.05, 0.1) is 5.57 Å². The van der Waals surface area contributed by atoms with E-state index in [1.54, 1.807) is 0 Å². The van der Waals surface area contributed by atoms with E-state index in [2.05, 4.69) is 52.6 Å². The molecule has 0 fully saturated rings. The second-order valence-corrected chi connectivity index (χ2v) is 5.15. The van der Waals surface area contributed by atoms with Crippen molar-refractivity contribution in [2.24, 2.45) is 0 Å². The van der Waals surface area contributed by atoms with Gasteiger partial charge < -0.3 is 10.2 Å². The number of carbonyl (C=O) groups is 2. The molecule has 0 heterocycles. The summed E-state index contributed by atoms with van der Waals surface area (Å²) >= 11 is 0. The van der Waals surface area contributed by atoms with Gasteiger partial charge in [-0.15, -0.1) is 0 Å². The lowest BCUT2D eigenvalue weighted by atomic mass is 9.85. The third-order valence-corrected chi connectivity index (χ3v) is 3.51. The van der Waals surface area contributed by atoms with Crippen LogP contribution < -0.4 is 0 Å². The highest BCUT2D eigenvalue weighted by Gasteiger charge is 2.18. The summed E-state index contributed by atoms with van der Waals surface area (Å²) < 4.78 is 0. The molecule has 0 aromatic carbocycles. The van der Waals surface area contributed by atoms with E-state index in [1.165, 1.54) is 0 Å². The summed E-state index contributed by atoms with van der Waals surface area (Å²) in [6.45, 7) is 30.1. The summed E-state index contributed by atoms with van der Waals surface area (Å²) in [6.07, 6.45) is 0.164. The molecule has 0 spiro atoms. The normalized spacial score (nSPS) is 9.50. The molecular formula is C20H22O4. The minimum atomic E-state index is -1.20. The fraction of sp³-hybridized carbons (Fsp3) is 0.100. The maximum Gasteiger partial charge on any atom is 0.335 e. The van der Waals surface area contributed by atoms with Gasteiger partial charge in [-0.2, -0.15) is 0 Å². The van der Waals surface area contributed by atoms with Crippen molar-refractivity contribution < 1.29 is 19.8 Å². The molecule has 4 nitrogen and oxygen atoms in total. The fourth-order valence-corrected chi connectivity index (χ4v) is 1.66. The van der Waals surface area contributed by atoms with Crippen molar-refractivity contribution in [1.29, 1.82) is 0 Å². The maximum atomic E-state index is 11.0. The van der Waals surface area contributed by atoms with Crippen molar-refractivity contribution in [2.75, 3.05) is 0 Å². The van der Waals surface area contributed by atoms with Crippen molar-refractivity contribution in [3.63, 3.8) is 0 Å². The number of rotatable bonds is 11. The quantitative estimate of drug-likeness (QED) is 0.436. The van der Waals surface area contributed by atoms with Gasteiger partial charge in [0.15, 0.2) is 0 Å². The topological polar surface area (TPSA) is 74.6 Å². The van der Waals surface area contributed by atoms with Crippen LogP contribution in [0.2, 0.25) is 0 Å². The van der Waals surface area contributed by atoms with Gasteiger partial charge in [-0.25, -0.2) is 4.79 Å². The number of carboxylic acids is 2.